The molecular formula is C18H37NO. The SMILES string of the molecule is CCCCCCC(O)C1(CN)CCC(C(C)(C)C)CC1. The van der Waals surface area contributed by atoms with Crippen molar-refractivity contribution >= 4 is 0 Å². The first-order valence-corrected chi connectivity index (χ1v) is 8.74. The van der Waals surface area contributed by atoms with E-state index in [9.17, 15) is 5.11 Å². The topological polar surface area (TPSA) is 46.2 Å². The van der Waals surface area contributed by atoms with Gasteiger partial charge < -0.3 is 10.8 Å². The lowest BCUT2D eigenvalue weighted by Crippen LogP contribution is -2.45. The quantitative estimate of drug-likeness (QED) is 0.676. The van der Waals surface area contributed by atoms with Gasteiger partial charge in [-0.2, -0.15) is 0 Å². The van der Waals surface area contributed by atoms with Crippen LogP contribution < -0.4 is 5.73 Å². The summed E-state index contributed by atoms with van der Waals surface area (Å²) < 4.78 is 0. The van der Waals surface area contributed by atoms with Crippen LogP contribution in [0.1, 0.15) is 85.5 Å². The lowest BCUT2D eigenvalue weighted by atomic mass is 9.61. The molecule has 1 aliphatic rings. The molecule has 1 fully saturated rings. The molecule has 2 heteroatoms. The van der Waals surface area contributed by atoms with Crippen molar-refractivity contribution in [1.29, 1.82) is 0 Å². The molecule has 1 atom stereocenters. The third kappa shape index (κ3) is 4.73. The maximum atomic E-state index is 10.6. The van der Waals surface area contributed by atoms with Crippen molar-refractivity contribution in [2.24, 2.45) is 22.5 Å². The van der Waals surface area contributed by atoms with E-state index in [2.05, 4.69) is 27.7 Å². The van der Waals surface area contributed by atoms with Crippen LogP contribution in [0, 0.1) is 16.7 Å². The summed E-state index contributed by atoms with van der Waals surface area (Å²) in [5.41, 5.74) is 6.47. The Hall–Kier alpha value is -0.0800. The van der Waals surface area contributed by atoms with Gasteiger partial charge >= 0.3 is 0 Å². The van der Waals surface area contributed by atoms with Crippen LogP contribution in [-0.2, 0) is 0 Å². The minimum Gasteiger partial charge on any atom is -0.393 e. The van der Waals surface area contributed by atoms with E-state index in [4.69, 9.17) is 5.73 Å². The fourth-order valence-electron chi connectivity index (χ4n) is 3.80. The van der Waals surface area contributed by atoms with Crippen molar-refractivity contribution in [2.45, 2.75) is 91.6 Å². The van der Waals surface area contributed by atoms with Gasteiger partial charge in [0, 0.05) is 12.0 Å². The standard InChI is InChI=1S/C18H37NO/c1-5-6-7-8-9-16(20)18(14-19)12-10-15(11-13-18)17(2,3)4/h15-16,20H,5-14,19H2,1-4H3. The first-order valence-electron chi connectivity index (χ1n) is 8.74. The van der Waals surface area contributed by atoms with E-state index in [1.165, 1.54) is 32.1 Å². The fourth-order valence-corrected chi connectivity index (χ4v) is 3.80. The van der Waals surface area contributed by atoms with E-state index >= 15 is 0 Å². The van der Waals surface area contributed by atoms with Crippen LogP contribution in [0.25, 0.3) is 0 Å². The van der Waals surface area contributed by atoms with Crippen molar-refractivity contribution in [3.63, 3.8) is 0 Å². The molecule has 0 radical (unpaired) electrons. The summed E-state index contributed by atoms with van der Waals surface area (Å²) in [6.45, 7) is 9.90. The molecule has 0 aliphatic heterocycles. The van der Waals surface area contributed by atoms with Crippen LogP contribution in [0.3, 0.4) is 0 Å². The van der Waals surface area contributed by atoms with Gasteiger partial charge in [0.25, 0.3) is 0 Å². The van der Waals surface area contributed by atoms with E-state index < -0.39 is 0 Å². The largest absolute Gasteiger partial charge is 0.393 e. The number of aliphatic hydroxyl groups is 1. The molecule has 20 heavy (non-hydrogen) atoms. The third-order valence-electron chi connectivity index (χ3n) is 5.65. The summed E-state index contributed by atoms with van der Waals surface area (Å²) in [4.78, 5) is 0. The molecule has 1 unspecified atom stereocenters. The minimum atomic E-state index is -0.190. The van der Waals surface area contributed by atoms with Gasteiger partial charge in [0.05, 0.1) is 6.10 Å². The smallest absolute Gasteiger partial charge is 0.0608 e. The van der Waals surface area contributed by atoms with Gasteiger partial charge in [-0.15, -0.1) is 0 Å². The summed E-state index contributed by atoms with van der Waals surface area (Å²) in [7, 11) is 0. The third-order valence-corrected chi connectivity index (χ3v) is 5.65. The summed E-state index contributed by atoms with van der Waals surface area (Å²) >= 11 is 0. The Morgan fingerprint density at radius 2 is 1.75 bits per heavy atom. The molecule has 0 saturated heterocycles. The molecular weight excluding hydrogens is 246 g/mol. The molecule has 1 rings (SSSR count). The van der Waals surface area contributed by atoms with Crippen LogP contribution in [0.2, 0.25) is 0 Å². The normalized spacial score (nSPS) is 29.4. The number of hydrogen-bond donors (Lipinski definition) is 2. The Labute approximate surface area is 126 Å². The molecule has 0 bridgehead atoms. The van der Waals surface area contributed by atoms with E-state index in [0.717, 1.165) is 31.6 Å². The number of unbranched alkanes of at least 4 members (excludes halogenated alkanes) is 3. The van der Waals surface area contributed by atoms with Gasteiger partial charge in [0.15, 0.2) is 0 Å². The average Bonchev–Trinajstić information content (AvgIpc) is 2.42. The van der Waals surface area contributed by atoms with Gasteiger partial charge in [-0.1, -0.05) is 53.4 Å². The number of aliphatic hydroxyl groups excluding tert-OH is 1. The van der Waals surface area contributed by atoms with Crippen molar-refractivity contribution in [3.05, 3.63) is 0 Å². The molecule has 0 aromatic heterocycles. The van der Waals surface area contributed by atoms with Crippen LogP contribution in [0.5, 0.6) is 0 Å². The molecule has 0 spiro atoms. The first kappa shape index (κ1) is 18.0. The van der Waals surface area contributed by atoms with E-state index in [1.807, 2.05) is 0 Å². The van der Waals surface area contributed by atoms with Crippen LogP contribution in [0.15, 0.2) is 0 Å². The highest BCUT2D eigenvalue weighted by molar-refractivity contribution is 4.94. The molecule has 0 aromatic rings. The summed E-state index contributed by atoms with van der Waals surface area (Å²) in [6, 6.07) is 0. The number of rotatable bonds is 7. The van der Waals surface area contributed by atoms with Gasteiger partial charge in [-0.25, -0.2) is 0 Å². The number of hydrogen-bond acceptors (Lipinski definition) is 2. The van der Waals surface area contributed by atoms with E-state index in [1.54, 1.807) is 0 Å². The lowest BCUT2D eigenvalue weighted by molar-refractivity contribution is -0.0268. The van der Waals surface area contributed by atoms with Crippen LogP contribution >= 0.6 is 0 Å². The lowest BCUT2D eigenvalue weighted by Gasteiger charge is -2.46. The highest BCUT2D eigenvalue weighted by Gasteiger charge is 2.42. The predicted octanol–water partition coefficient (Wildman–Crippen LogP) is 4.50. The second kappa shape index (κ2) is 7.79. The number of nitrogens with two attached hydrogens (primary N) is 1. The highest BCUT2D eigenvalue weighted by atomic mass is 16.3. The Morgan fingerprint density at radius 3 is 2.20 bits per heavy atom. The molecule has 3 N–H and O–H groups in total. The maximum Gasteiger partial charge on any atom is 0.0608 e. The second-order valence-electron chi connectivity index (χ2n) is 8.07. The van der Waals surface area contributed by atoms with Gasteiger partial charge in [0.1, 0.15) is 0 Å². The van der Waals surface area contributed by atoms with Crippen LogP contribution in [-0.4, -0.2) is 17.8 Å². The Bertz CT molecular complexity index is 261. The van der Waals surface area contributed by atoms with Crippen molar-refractivity contribution in [1.82, 2.24) is 0 Å². The first-order chi connectivity index (χ1) is 9.35. The van der Waals surface area contributed by atoms with E-state index in [-0.39, 0.29) is 11.5 Å². The molecule has 0 heterocycles. The summed E-state index contributed by atoms with van der Waals surface area (Å²) in [6.07, 6.45) is 10.4. The zero-order valence-electron chi connectivity index (χ0n) is 14.3. The summed E-state index contributed by atoms with van der Waals surface area (Å²) in [5.74, 6) is 0.787. The predicted molar refractivity (Wildman–Crippen MR) is 87.7 cm³/mol. The molecule has 0 amide bonds. The monoisotopic (exact) mass is 283 g/mol. The fraction of sp³-hybridized carbons (Fsp3) is 1.00. The molecule has 2 nitrogen and oxygen atoms in total. The second-order valence-corrected chi connectivity index (χ2v) is 8.07. The van der Waals surface area contributed by atoms with Gasteiger partial charge in [-0.05, 0) is 43.4 Å². The van der Waals surface area contributed by atoms with E-state index in [0.29, 0.717) is 12.0 Å². The summed E-state index contributed by atoms with van der Waals surface area (Å²) in [5, 5.41) is 10.6. The van der Waals surface area contributed by atoms with Crippen molar-refractivity contribution in [3.8, 4) is 0 Å². The Morgan fingerprint density at radius 1 is 1.15 bits per heavy atom. The zero-order chi connectivity index (χ0) is 15.2. The van der Waals surface area contributed by atoms with Crippen LogP contribution in [0.4, 0.5) is 0 Å². The van der Waals surface area contributed by atoms with Crippen molar-refractivity contribution in [2.75, 3.05) is 6.54 Å². The van der Waals surface area contributed by atoms with Gasteiger partial charge in [-0.3, -0.25) is 0 Å². The molecule has 0 aromatic carbocycles. The van der Waals surface area contributed by atoms with Gasteiger partial charge in [0.2, 0.25) is 0 Å². The van der Waals surface area contributed by atoms with Crippen molar-refractivity contribution < 1.29 is 5.11 Å². The molecule has 1 aliphatic carbocycles. The Balaban J connectivity index is 2.48. The molecule has 120 valence electrons. The average molecular weight is 284 g/mol. The minimum absolute atomic E-state index is 0.00790. The maximum absolute atomic E-state index is 10.6. The highest BCUT2D eigenvalue weighted by Crippen LogP contribution is 2.47. The Kier molecular flexibility index (Phi) is 7.00. The molecule has 1 saturated carbocycles. The zero-order valence-corrected chi connectivity index (χ0v) is 14.3.